The summed E-state index contributed by atoms with van der Waals surface area (Å²) in [6, 6.07) is 5.68. The molecule has 1 aromatic carbocycles. The van der Waals surface area contributed by atoms with Gasteiger partial charge in [-0.2, -0.15) is 5.11 Å². The van der Waals surface area contributed by atoms with Crippen LogP contribution in [0.25, 0.3) is 5.57 Å². The lowest BCUT2D eigenvalue weighted by Gasteiger charge is -2.13. The number of esters is 1. The highest BCUT2D eigenvalue weighted by atomic mass is 19.1. The second-order valence-corrected chi connectivity index (χ2v) is 5.88. The van der Waals surface area contributed by atoms with E-state index in [0.29, 0.717) is 11.1 Å². The Bertz CT molecular complexity index is 705. The molecular weight excluding hydrogens is 325 g/mol. The highest BCUT2D eigenvalue weighted by molar-refractivity contribution is 5.93. The van der Waals surface area contributed by atoms with Gasteiger partial charge in [-0.1, -0.05) is 12.1 Å². The second-order valence-electron chi connectivity index (χ2n) is 5.88. The summed E-state index contributed by atoms with van der Waals surface area (Å²) in [6.07, 6.45) is 3.45. The molecule has 0 radical (unpaired) electrons. The molecule has 1 N–H and O–H groups in total. The Morgan fingerprint density at radius 2 is 2.00 bits per heavy atom. The quantitative estimate of drug-likeness (QED) is 0.268. The van der Waals surface area contributed by atoms with Gasteiger partial charge < -0.3 is 14.7 Å². The van der Waals surface area contributed by atoms with Gasteiger partial charge in [0, 0.05) is 25.9 Å². The number of halogens is 1. The average molecular weight is 347 g/mol. The molecule has 0 heterocycles. The molecule has 2 rings (SSSR count). The standard InChI is InChI=1S/C18H22FN3O3/c1-4-25-18(24)16(21-20-14-9-10-14)17(23)15(11-22(2)3)12-5-7-13(19)8-6-12/h5-8,11,14,23H,4,9-10H2,1-3H3/b15-11?,17-16+,21-20?. The maximum Gasteiger partial charge on any atom is 0.362 e. The fraction of sp³-hybridized carbons (Fsp3) is 0.389. The van der Waals surface area contributed by atoms with Crippen LogP contribution in [0.2, 0.25) is 0 Å². The Morgan fingerprint density at radius 1 is 1.36 bits per heavy atom. The minimum absolute atomic E-state index is 0.0873. The number of ether oxygens (including phenoxy) is 1. The number of benzene rings is 1. The molecule has 0 unspecified atom stereocenters. The first-order valence-electron chi connectivity index (χ1n) is 8.08. The summed E-state index contributed by atoms with van der Waals surface area (Å²) in [5, 5.41) is 18.7. The van der Waals surface area contributed by atoms with Crippen LogP contribution in [0.1, 0.15) is 25.3 Å². The lowest BCUT2D eigenvalue weighted by atomic mass is 10.0. The molecule has 0 atom stereocenters. The summed E-state index contributed by atoms with van der Waals surface area (Å²) in [5.74, 6) is -1.50. The number of carbonyl (C=O) groups is 1. The van der Waals surface area contributed by atoms with E-state index in [-0.39, 0.29) is 24.1 Å². The fourth-order valence-corrected chi connectivity index (χ4v) is 2.00. The van der Waals surface area contributed by atoms with E-state index >= 15 is 0 Å². The number of aliphatic hydroxyl groups is 1. The van der Waals surface area contributed by atoms with E-state index < -0.39 is 11.8 Å². The van der Waals surface area contributed by atoms with Crippen molar-refractivity contribution in [3.63, 3.8) is 0 Å². The van der Waals surface area contributed by atoms with Gasteiger partial charge in [0.15, 0.2) is 5.76 Å². The second kappa shape index (κ2) is 8.41. The number of carbonyl (C=O) groups excluding carboxylic acids is 1. The van der Waals surface area contributed by atoms with Gasteiger partial charge in [0.1, 0.15) is 5.82 Å². The van der Waals surface area contributed by atoms with Crippen molar-refractivity contribution >= 4 is 11.5 Å². The highest BCUT2D eigenvalue weighted by Gasteiger charge is 2.24. The third kappa shape index (κ3) is 5.41. The lowest BCUT2D eigenvalue weighted by molar-refractivity contribution is -0.138. The number of rotatable bonds is 7. The van der Waals surface area contributed by atoms with Crippen LogP contribution in [0.5, 0.6) is 0 Å². The van der Waals surface area contributed by atoms with E-state index in [4.69, 9.17) is 4.74 Å². The molecule has 1 aromatic rings. The zero-order valence-electron chi connectivity index (χ0n) is 14.6. The molecule has 1 aliphatic rings. The first-order valence-corrected chi connectivity index (χ1v) is 8.08. The number of azo groups is 1. The maximum atomic E-state index is 13.2. The third-order valence-corrected chi connectivity index (χ3v) is 3.36. The summed E-state index contributed by atoms with van der Waals surface area (Å²) in [7, 11) is 3.54. The first-order chi connectivity index (χ1) is 11.9. The van der Waals surface area contributed by atoms with E-state index in [1.165, 1.54) is 24.3 Å². The average Bonchev–Trinajstić information content (AvgIpc) is 3.38. The fourth-order valence-electron chi connectivity index (χ4n) is 2.00. The normalized spacial score (nSPS) is 15.9. The SMILES string of the molecule is CCOC(=O)/C(N=NC1CC1)=C(\O)C(=CN(C)C)c1ccc(F)cc1. The van der Waals surface area contributed by atoms with Crippen LogP contribution in [0.3, 0.4) is 0 Å². The van der Waals surface area contributed by atoms with Crippen molar-refractivity contribution < 1.29 is 19.0 Å². The number of allylic oxidation sites excluding steroid dienone is 1. The van der Waals surface area contributed by atoms with Gasteiger partial charge in [-0.3, -0.25) is 0 Å². The Morgan fingerprint density at radius 3 is 2.52 bits per heavy atom. The molecular formula is C18H22FN3O3. The number of hydrogen-bond acceptors (Lipinski definition) is 6. The van der Waals surface area contributed by atoms with Crippen molar-refractivity contribution in [2.24, 2.45) is 10.2 Å². The third-order valence-electron chi connectivity index (χ3n) is 3.36. The Hall–Kier alpha value is -2.70. The molecule has 0 spiro atoms. The molecule has 0 saturated heterocycles. The van der Waals surface area contributed by atoms with Crippen molar-refractivity contribution in [3.8, 4) is 0 Å². The van der Waals surface area contributed by atoms with Crippen LogP contribution in [-0.4, -0.2) is 42.7 Å². The monoisotopic (exact) mass is 347 g/mol. The molecule has 134 valence electrons. The summed E-state index contributed by atoms with van der Waals surface area (Å²) < 4.78 is 18.2. The molecule has 0 amide bonds. The molecule has 25 heavy (non-hydrogen) atoms. The molecule has 0 aliphatic heterocycles. The maximum absolute atomic E-state index is 13.2. The van der Waals surface area contributed by atoms with E-state index in [1.807, 2.05) is 0 Å². The topological polar surface area (TPSA) is 74.5 Å². The van der Waals surface area contributed by atoms with Crippen molar-refractivity contribution in [2.45, 2.75) is 25.8 Å². The van der Waals surface area contributed by atoms with Gasteiger partial charge in [0.25, 0.3) is 0 Å². The number of nitrogens with zero attached hydrogens (tertiary/aromatic N) is 3. The minimum Gasteiger partial charge on any atom is -0.505 e. The van der Waals surface area contributed by atoms with E-state index in [9.17, 15) is 14.3 Å². The predicted octanol–water partition coefficient (Wildman–Crippen LogP) is 3.68. The molecule has 1 aliphatic carbocycles. The smallest absolute Gasteiger partial charge is 0.362 e. The van der Waals surface area contributed by atoms with Crippen LogP contribution in [-0.2, 0) is 9.53 Å². The molecule has 0 aromatic heterocycles. The zero-order valence-corrected chi connectivity index (χ0v) is 14.6. The molecule has 0 bridgehead atoms. The largest absolute Gasteiger partial charge is 0.505 e. The highest BCUT2D eigenvalue weighted by Crippen LogP contribution is 2.28. The number of hydrogen-bond donors (Lipinski definition) is 1. The summed E-state index contributed by atoms with van der Waals surface area (Å²) >= 11 is 0. The van der Waals surface area contributed by atoms with Crippen LogP contribution >= 0.6 is 0 Å². The van der Waals surface area contributed by atoms with Gasteiger partial charge in [0.05, 0.1) is 12.6 Å². The van der Waals surface area contributed by atoms with Crippen molar-refractivity contribution in [1.82, 2.24) is 4.90 Å². The van der Waals surface area contributed by atoms with Gasteiger partial charge in [-0.25, -0.2) is 9.18 Å². The predicted molar refractivity (Wildman–Crippen MR) is 92.2 cm³/mol. The zero-order chi connectivity index (χ0) is 18.4. The molecule has 7 heteroatoms. The van der Waals surface area contributed by atoms with Gasteiger partial charge >= 0.3 is 5.97 Å². The van der Waals surface area contributed by atoms with Crippen molar-refractivity contribution in [3.05, 3.63) is 53.3 Å². The Kier molecular flexibility index (Phi) is 6.27. The van der Waals surface area contributed by atoms with Crippen LogP contribution < -0.4 is 0 Å². The van der Waals surface area contributed by atoms with Gasteiger partial charge in [0.2, 0.25) is 5.70 Å². The first kappa shape index (κ1) is 18.6. The Labute approximate surface area is 146 Å². The number of aliphatic hydroxyl groups excluding tert-OH is 1. The van der Waals surface area contributed by atoms with Gasteiger partial charge in [-0.15, -0.1) is 5.11 Å². The minimum atomic E-state index is -0.754. The van der Waals surface area contributed by atoms with E-state index in [2.05, 4.69) is 10.2 Å². The Balaban J connectivity index is 2.50. The van der Waals surface area contributed by atoms with Crippen LogP contribution in [0.4, 0.5) is 4.39 Å². The van der Waals surface area contributed by atoms with Crippen LogP contribution in [0.15, 0.2) is 52.2 Å². The summed E-state index contributed by atoms with van der Waals surface area (Å²) in [6.45, 7) is 1.82. The van der Waals surface area contributed by atoms with E-state index in [1.54, 1.807) is 32.1 Å². The summed E-state index contributed by atoms with van der Waals surface area (Å²) in [5.41, 5.74) is 0.602. The van der Waals surface area contributed by atoms with Crippen LogP contribution in [0, 0.1) is 5.82 Å². The summed E-state index contributed by atoms with van der Waals surface area (Å²) in [4.78, 5) is 13.9. The van der Waals surface area contributed by atoms with Crippen molar-refractivity contribution in [1.29, 1.82) is 0 Å². The molecule has 6 nitrogen and oxygen atoms in total. The van der Waals surface area contributed by atoms with E-state index in [0.717, 1.165) is 12.8 Å². The van der Waals surface area contributed by atoms with Crippen molar-refractivity contribution in [2.75, 3.05) is 20.7 Å². The molecule has 1 saturated carbocycles. The lowest BCUT2D eigenvalue weighted by Crippen LogP contribution is -2.11. The van der Waals surface area contributed by atoms with Gasteiger partial charge in [-0.05, 0) is 37.5 Å². The molecule has 1 fully saturated rings.